The molecule has 2 aromatic carbocycles. The second-order valence-electron chi connectivity index (χ2n) is 9.49. The van der Waals surface area contributed by atoms with Gasteiger partial charge in [-0.1, -0.05) is 12.1 Å². The molecule has 6 N–H and O–H groups in total. The number of nitrogens with zero attached hydrogens (tertiary/aromatic N) is 3. The van der Waals surface area contributed by atoms with Crippen LogP contribution in [0.3, 0.4) is 0 Å². The number of piperidine rings is 1. The smallest absolute Gasteiger partial charge is 0.319 e. The van der Waals surface area contributed by atoms with Gasteiger partial charge in [-0.05, 0) is 106 Å². The number of benzene rings is 2. The van der Waals surface area contributed by atoms with Gasteiger partial charge in [0.05, 0.1) is 11.4 Å². The van der Waals surface area contributed by atoms with Gasteiger partial charge in [-0.15, -0.1) is 0 Å². The van der Waals surface area contributed by atoms with Gasteiger partial charge in [0.2, 0.25) is 0 Å². The summed E-state index contributed by atoms with van der Waals surface area (Å²) in [6.07, 6.45) is 13.3. The summed E-state index contributed by atoms with van der Waals surface area (Å²) < 4.78 is 13.2. The van der Waals surface area contributed by atoms with Crippen molar-refractivity contribution in [2.75, 3.05) is 25.0 Å². The van der Waals surface area contributed by atoms with Crippen LogP contribution in [0, 0.1) is 11.7 Å². The minimum Gasteiger partial charge on any atom is -0.405 e. The van der Waals surface area contributed by atoms with E-state index in [0.29, 0.717) is 23.0 Å². The molecule has 0 bridgehead atoms. The number of carbonyl (C=O) groups is 1. The zero-order valence-corrected chi connectivity index (χ0v) is 21.9. The van der Waals surface area contributed by atoms with Crippen molar-refractivity contribution < 1.29 is 9.18 Å². The molecule has 1 aliphatic rings. The quantitative estimate of drug-likeness (QED) is 0.311. The second-order valence-corrected chi connectivity index (χ2v) is 9.49. The first-order valence-electron chi connectivity index (χ1n) is 13.0. The first-order valence-corrected chi connectivity index (χ1v) is 13.0. The van der Waals surface area contributed by atoms with E-state index in [4.69, 9.17) is 11.5 Å². The number of rotatable bonds is 11. The highest BCUT2D eigenvalue weighted by Gasteiger charge is 2.21. The Balaban J connectivity index is 1.50. The standard InChI is InChI=1S/C29H38FN7O/c1-22(10-16-37-15-2-5-24(21-37)17-23-6-8-25(30)9-7-23)35-29(38)36-28-19-26(33-13-3-11-31)18-27(20-28)34-14-4-12-32/h3-4,6-9,11-14,18-20,22,24H,2,5,10,15-17,21,31-32H2,1H3,(H2,35,36,38)/t22-,24+/m1/s1. The number of nitrogens with two attached hydrogens (primary N) is 2. The van der Waals surface area contributed by atoms with Gasteiger partial charge in [0.15, 0.2) is 0 Å². The molecular formula is C29H38FN7O. The van der Waals surface area contributed by atoms with E-state index in [1.165, 1.54) is 36.5 Å². The Labute approximate surface area is 224 Å². The van der Waals surface area contributed by atoms with Crippen molar-refractivity contribution in [3.63, 3.8) is 0 Å². The van der Waals surface area contributed by atoms with Gasteiger partial charge >= 0.3 is 6.03 Å². The molecular weight excluding hydrogens is 481 g/mol. The minimum atomic E-state index is -0.287. The van der Waals surface area contributed by atoms with Gasteiger partial charge in [-0.2, -0.15) is 0 Å². The summed E-state index contributed by atoms with van der Waals surface area (Å²) in [6.45, 7) is 5.00. The zero-order chi connectivity index (χ0) is 27.2. The molecule has 38 heavy (non-hydrogen) atoms. The number of hydrogen-bond donors (Lipinski definition) is 4. The van der Waals surface area contributed by atoms with Crippen molar-refractivity contribution >= 4 is 35.5 Å². The molecule has 202 valence electrons. The van der Waals surface area contributed by atoms with E-state index in [1.54, 1.807) is 42.8 Å². The first kappa shape index (κ1) is 28.6. The molecule has 1 fully saturated rings. The fourth-order valence-electron chi connectivity index (χ4n) is 4.49. The average molecular weight is 520 g/mol. The Bertz CT molecular complexity index is 1100. The molecule has 3 rings (SSSR count). The highest BCUT2D eigenvalue weighted by Crippen LogP contribution is 2.27. The van der Waals surface area contributed by atoms with Crippen LogP contribution in [0.25, 0.3) is 0 Å². The van der Waals surface area contributed by atoms with E-state index in [9.17, 15) is 9.18 Å². The van der Waals surface area contributed by atoms with E-state index in [-0.39, 0.29) is 17.9 Å². The summed E-state index contributed by atoms with van der Waals surface area (Å²) in [4.78, 5) is 23.8. The van der Waals surface area contributed by atoms with Gasteiger partial charge in [0.25, 0.3) is 0 Å². The van der Waals surface area contributed by atoms with Crippen LogP contribution in [-0.2, 0) is 6.42 Å². The number of nitrogens with one attached hydrogen (secondary N) is 2. The Morgan fingerprint density at radius 2 is 1.76 bits per heavy atom. The molecule has 0 saturated carbocycles. The third kappa shape index (κ3) is 10.2. The van der Waals surface area contributed by atoms with Crippen molar-refractivity contribution in [2.45, 2.75) is 38.6 Å². The molecule has 8 nitrogen and oxygen atoms in total. The molecule has 0 unspecified atom stereocenters. The van der Waals surface area contributed by atoms with Crippen LogP contribution in [0.5, 0.6) is 0 Å². The molecule has 1 saturated heterocycles. The number of anilines is 1. The Kier molecular flexibility index (Phi) is 11.5. The first-order chi connectivity index (χ1) is 18.4. The summed E-state index contributed by atoms with van der Waals surface area (Å²) in [6, 6.07) is 11.8. The molecule has 1 aliphatic heterocycles. The monoisotopic (exact) mass is 519 g/mol. The van der Waals surface area contributed by atoms with E-state index in [1.807, 2.05) is 19.1 Å². The van der Waals surface area contributed by atoms with Crippen molar-refractivity contribution in [3.05, 3.63) is 78.4 Å². The number of hydrogen-bond acceptors (Lipinski definition) is 6. The maximum absolute atomic E-state index is 13.2. The summed E-state index contributed by atoms with van der Waals surface area (Å²) >= 11 is 0. The molecule has 9 heteroatoms. The molecule has 0 spiro atoms. The van der Waals surface area contributed by atoms with Crippen LogP contribution >= 0.6 is 0 Å². The molecule has 2 amide bonds. The summed E-state index contributed by atoms with van der Waals surface area (Å²) in [5.41, 5.74) is 13.7. The van der Waals surface area contributed by atoms with Gasteiger partial charge in [-0.25, -0.2) is 9.18 Å². The molecule has 0 aliphatic carbocycles. The van der Waals surface area contributed by atoms with Crippen LogP contribution in [0.1, 0.15) is 31.7 Å². The van der Waals surface area contributed by atoms with Crippen LogP contribution in [0.15, 0.2) is 77.0 Å². The predicted octanol–water partition coefficient (Wildman–Crippen LogP) is 5.03. The minimum absolute atomic E-state index is 0.00412. The maximum atomic E-state index is 13.2. The SMILES string of the molecule is C[C@H](CCN1CCC[C@@H](Cc2ccc(F)cc2)C1)NC(=O)Nc1cc(N=CC=CN)cc(N=CC=CN)c1. The largest absolute Gasteiger partial charge is 0.405 e. The van der Waals surface area contributed by atoms with E-state index in [0.717, 1.165) is 38.9 Å². The zero-order valence-electron chi connectivity index (χ0n) is 21.9. The van der Waals surface area contributed by atoms with Crippen LogP contribution < -0.4 is 22.1 Å². The third-order valence-corrected chi connectivity index (χ3v) is 6.30. The lowest BCUT2D eigenvalue weighted by Crippen LogP contribution is -2.41. The van der Waals surface area contributed by atoms with Gasteiger partial charge in [0.1, 0.15) is 5.82 Å². The van der Waals surface area contributed by atoms with Crippen LogP contribution in [0.4, 0.5) is 26.2 Å². The highest BCUT2D eigenvalue weighted by molar-refractivity contribution is 5.91. The molecule has 0 aromatic heterocycles. The lowest BCUT2D eigenvalue weighted by atomic mass is 9.91. The molecule has 2 aromatic rings. The Morgan fingerprint density at radius 3 is 2.39 bits per heavy atom. The molecule has 0 radical (unpaired) electrons. The Morgan fingerprint density at radius 1 is 1.11 bits per heavy atom. The summed E-state index contributed by atoms with van der Waals surface area (Å²) in [7, 11) is 0. The lowest BCUT2D eigenvalue weighted by Gasteiger charge is -2.33. The topological polar surface area (TPSA) is 121 Å². The summed E-state index contributed by atoms with van der Waals surface area (Å²) in [5.74, 6) is 0.368. The van der Waals surface area contributed by atoms with Crippen LogP contribution in [0.2, 0.25) is 0 Å². The molecule has 1 heterocycles. The van der Waals surface area contributed by atoms with Gasteiger partial charge in [0, 0.05) is 37.2 Å². The van der Waals surface area contributed by atoms with Gasteiger partial charge < -0.3 is 27.0 Å². The number of allylic oxidation sites excluding steroid dienone is 2. The second kappa shape index (κ2) is 15.3. The molecule has 2 atom stereocenters. The third-order valence-electron chi connectivity index (χ3n) is 6.30. The van der Waals surface area contributed by atoms with Crippen molar-refractivity contribution in [1.82, 2.24) is 10.2 Å². The number of likely N-dealkylation sites (tertiary alicyclic amines) is 1. The fourth-order valence-corrected chi connectivity index (χ4v) is 4.49. The maximum Gasteiger partial charge on any atom is 0.319 e. The number of urea groups is 1. The number of carbonyl (C=O) groups excluding carboxylic acids is 1. The van der Waals surface area contributed by atoms with Crippen molar-refractivity contribution in [3.8, 4) is 0 Å². The Hall–Kier alpha value is -3.98. The average Bonchev–Trinajstić information content (AvgIpc) is 2.89. The predicted molar refractivity (Wildman–Crippen MR) is 155 cm³/mol. The number of halogens is 1. The highest BCUT2D eigenvalue weighted by atomic mass is 19.1. The van der Waals surface area contributed by atoms with Crippen LogP contribution in [-0.4, -0.2) is 49.0 Å². The van der Waals surface area contributed by atoms with E-state index < -0.39 is 0 Å². The number of aliphatic imine (C=N–C) groups is 2. The normalized spacial score (nSPS) is 17.6. The van der Waals surface area contributed by atoms with Crippen molar-refractivity contribution in [1.29, 1.82) is 0 Å². The van der Waals surface area contributed by atoms with E-state index in [2.05, 4.69) is 25.5 Å². The van der Waals surface area contributed by atoms with Gasteiger partial charge in [-0.3, -0.25) is 9.98 Å². The van der Waals surface area contributed by atoms with Crippen molar-refractivity contribution in [2.24, 2.45) is 27.4 Å². The van der Waals surface area contributed by atoms with E-state index >= 15 is 0 Å². The fraction of sp³-hybridized carbons (Fsp3) is 0.345. The lowest BCUT2D eigenvalue weighted by molar-refractivity contribution is 0.168. The summed E-state index contributed by atoms with van der Waals surface area (Å²) in [5, 5.41) is 5.91. The number of amides is 2.